The number of benzene rings is 3. The maximum atomic E-state index is 14.2. The summed E-state index contributed by atoms with van der Waals surface area (Å²) in [7, 11) is -4.17. The number of hydrogen-bond donors (Lipinski definition) is 1. The van der Waals surface area contributed by atoms with Crippen molar-refractivity contribution >= 4 is 42.1 Å². The van der Waals surface area contributed by atoms with Crippen LogP contribution in [0.25, 0.3) is 10.9 Å². The van der Waals surface area contributed by atoms with Crippen LogP contribution in [0.4, 0.5) is 10.5 Å². The first-order valence-electron chi connectivity index (χ1n) is 13.4. The second-order valence-electron chi connectivity index (χ2n) is 11.0. The van der Waals surface area contributed by atoms with E-state index in [-0.39, 0.29) is 24.9 Å². The molecule has 1 amide bonds. The van der Waals surface area contributed by atoms with Crippen molar-refractivity contribution in [3.8, 4) is 5.75 Å². The van der Waals surface area contributed by atoms with Crippen LogP contribution >= 0.6 is 19.4 Å². The molecule has 5 rings (SSSR count). The highest BCUT2D eigenvalue weighted by molar-refractivity contribution is 7.48. The van der Waals surface area contributed by atoms with Crippen LogP contribution in [-0.2, 0) is 31.6 Å². The molecule has 1 aliphatic heterocycles. The molecule has 10 heteroatoms. The lowest BCUT2D eigenvalue weighted by atomic mass is 9.97. The van der Waals surface area contributed by atoms with Gasteiger partial charge >= 0.3 is 13.9 Å². The highest BCUT2D eigenvalue weighted by Gasteiger charge is 2.39. The number of aryl methyl sites for hydroxylation is 1. The number of amides is 1. The number of carbonyl (C=O) groups excluding carboxylic acids is 1. The van der Waals surface area contributed by atoms with Crippen molar-refractivity contribution < 1.29 is 27.7 Å². The fourth-order valence-corrected chi connectivity index (χ4v) is 6.30. The van der Waals surface area contributed by atoms with E-state index in [0.29, 0.717) is 23.6 Å². The van der Waals surface area contributed by atoms with Gasteiger partial charge in [0.2, 0.25) is 0 Å². The lowest BCUT2D eigenvalue weighted by Crippen LogP contribution is -2.36. The van der Waals surface area contributed by atoms with Gasteiger partial charge in [-0.25, -0.2) is 9.36 Å². The summed E-state index contributed by atoms with van der Waals surface area (Å²) in [5, 5.41) is 0.854. The molecule has 4 aromatic rings. The van der Waals surface area contributed by atoms with Gasteiger partial charge in [-0.2, -0.15) is 0 Å². The number of phosphoric ester groups is 1. The van der Waals surface area contributed by atoms with Gasteiger partial charge in [0.15, 0.2) is 5.75 Å². The number of hydrogen-bond acceptors (Lipinski definition) is 6. The van der Waals surface area contributed by atoms with Crippen molar-refractivity contribution in [2.45, 2.75) is 52.4 Å². The zero-order valence-electron chi connectivity index (χ0n) is 23.6. The second kappa shape index (κ2) is 11.9. The largest absolute Gasteiger partial charge is 0.530 e. The summed E-state index contributed by atoms with van der Waals surface area (Å²) in [5.41, 5.74) is 4.01. The van der Waals surface area contributed by atoms with E-state index in [9.17, 15) is 9.36 Å². The number of anilines is 1. The maximum Gasteiger partial charge on any atom is 0.530 e. The van der Waals surface area contributed by atoms with Crippen molar-refractivity contribution in [1.29, 1.82) is 0 Å². The molecule has 1 aromatic heterocycles. The van der Waals surface area contributed by atoms with E-state index in [0.717, 1.165) is 27.6 Å². The van der Waals surface area contributed by atoms with Crippen LogP contribution in [0.1, 0.15) is 48.9 Å². The van der Waals surface area contributed by atoms with E-state index in [4.69, 9.17) is 29.9 Å². The summed E-state index contributed by atoms with van der Waals surface area (Å²) in [5.74, 6) is 0.422. The number of carbonyl (C=O) groups is 1. The average molecular weight is 597 g/mol. The minimum absolute atomic E-state index is 0.0170. The first-order chi connectivity index (χ1) is 19.6. The highest BCUT2D eigenvalue weighted by Crippen LogP contribution is 2.55. The Hall–Kier alpha value is -3.29. The molecule has 0 aliphatic carbocycles. The number of phosphoric acid groups is 1. The van der Waals surface area contributed by atoms with Crippen molar-refractivity contribution in [2.24, 2.45) is 0 Å². The molecular weight excluding hydrogens is 563 g/mol. The standard InChI is InChI=1S/C31H34ClN2O6P/c1-21-17-33-29-26(15-25-28(27(21)29)24(16-32)18-34(25)30(35)39-31(2,3)4)40-41(36,37-19-22-11-7-5-8-12-22)38-20-23-13-9-6-10-14-23/h5-15,17,24,33H,16,18-20H2,1-4H3/t24-/m1/s1. The topological polar surface area (TPSA) is 90.1 Å². The van der Waals surface area contributed by atoms with Crippen LogP contribution in [0.3, 0.4) is 0 Å². The van der Waals surface area contributed by atoms with Crippen LogP contribution in [0.5, 0.6) is 5.75 Å². The quantitative estimate of drug-likeness (QED) is 0.154. The molecule has 41 heavy (non-hydrogen) atoms. The van der Waals surface area contributed by atoms with Crippen LogP contribution in [-0.4, -0.2) is 29.1 Å². The van der Waals surface area contributed by atoms with Gasteiger partial charge < -0.3 is 14.2 Å². The zero-order valence-corrected chi connectivity index (χ0v) is 25.2. The van der Waals surface area contributed by atoms with Crippen molar-refractivity contribution in [3.63, 3.8) is 0 Å². The normalized spacial score (nSPS) is 15.2. The predicted molar refractivity (Wildman–Crippen MR) is 161 cm³/mol. The minimum Gasteiger partial charge on any atom is -0.443 e. The molecule has 0 bridgehead atoms. The third-order valence-corrected chi connectivity index (χ3v) is 8.40. The smallest absolute Gasteiger partial charge is 0.443 e. The number of nitrogens with zero attached hydrogens (tertiary/aromatic N) is 1. The number of H-pyrrole nitrogens is 1. The number of halogens is 1. The Morgan fingerprint density at radius 3 is 2.15 bits per heavy atom. The molecular formula is C31H34ClN2O6P. The number of aromatic nitrogens is 1. The monoisotopic (exact) mass is 596 g/mol. The summed E-state index contributed by atoms with van der Waals surface area (Å²) < 4.78 is 37.8. The molecule has 0 fully saturated rings. The number of nitrogens with one attached hydrogen (secondary N) is 1. The fraction of sp³-hybridized carbons (Fsp3) is 0.323. The molecule has 8 nitrogen and oxygen atoms in total. The van der Waals surface area contributed by atoms with Gasteiger partial charge in [0, 0.05) is 36.0 Å². The maximum absolute atomic E-state index is 14.2. The van der Waals surface area contributed by atoms with Crippen molar-refractivity contribution in [2.75, 3.05) is 17.3 Å². The lowest BCUT2D eigenvalue weighted by molar-refractivity contribution is 0.0582. The first kappa shape index (κ1) is 29.2. The van der Waals surface area contributed by atoms with E-state index in [1.807, 2.05) is 94.6 Å². The number of rotatable bonds is 9. The Bertz CT molecular complexity index is 1520. The van der Waals surface area contributed by atoms with E-state index >= 15 is 0 Å². The second-order valence-corrected chi connectivity index (χ2v) is 12.9. The summed E-state index contributed by atoms with van der Waals surface area (Å²) in [6.07, 6.45) is 1.36. The molecule has 0 saturated carbocycles. The summed E-state index contributed by atoms with van der Waals surface area (Å²) >= 11 is 6.40. The first-order valence-corrected chi connectivity index (χ1v) is 15.4. The lowest BCUT2D eigenvalue weighted by Gasteiger charge is -2.25. The molecule has 1 atom stereocenters. The number of ether oxygens (including phenoxy) is 1. The zero-order chi connectivity index (χ0) is 29.2. The van der Waals surface area contributed by atoms with Crippen LogP contribution in [0, 0.1) is 6.92 Å². The molecule has 0 radical (unpaired) electrons. The predicted octanol–water partition coefficient (Wildman–Crippen LogP) is 8.47. The molecule has 3 aromatic carbocycles. The molecule has 0 unspecified atom stereocenters. The Balaban J connectivity index is 1.54. The summed E-state index contributed by atoms with van der Waals surface area (Å²) in [6, 6.07) is 20.5. The van der Waals surface area contributed by atoms with E-state index < -0.39 is 19.5 Å². The Morgan fingerprint density at radius 2 is 1.61 bits per heavy atom. The molecule has 2 heterocycles. The number of fused-ring (bicyclic) bond motifs is 3. The van der Waals surface area contributed by atoms with Gasteiger partial charge in [-0.05, 0) is 49.9 Å². The van der Waals surface area contributed by atoms with Crippen LogP contribution in [0.2, 0.25) is 0 Å². The third-order valence-electron chi connectivity index (χ3n) is 6.71. The van der Waals surface area contributed by atoms with Crippen LogP contribution < -0.4 is 9.42 Å². The third kappa shape index (κ3) is 6.62. The van der Waals surface area contributed by atoms with E-state index in [1.54, 1.807) is 11.0 Å². The molecule has 1 aliphatic rings. The van der Waals surface area contributed by atoms with Crippen LogP contribution in [0.15, 0.2) is 72.9 Å². The number of aromatic amines is 1. The molecule has 0 saturated heterocycles. The van der Waals surface area contributed by atoms with E-state index in [1.165, 1.54) is 0 Å². The Kier molecular flexibility index (Phi) is 8.48. The highest BCUT2D eigenvalue weighted by atomic mass is 35.5. The van der Waals surface area contributed by atoms with E-state index in [2.05, 4.69) is 4.98 Å². The molecule has 0 spiro atoms. The summed E-state index contributed by atoms with van der Waals surface area (Å²) in [6.45, 7) is 7.80. The number of alkyl halides is 1. The summed E-state index contributed by atoms with van der Waals surface area (Å²) in [4.78, 5) is 18.1. The van der Waals surface area contributed by atoms with Gasteiger partial charge in [-0.1, -0.05) is 60.7 Å². The SMILES string of the molecule is Cc1c[nH]c2c(OP(=O)(OCc3ccccc3)OCc3ccccc3)cc3c(c12)[C@H](CCl)CN3C(=O)OC(C)(C)C. The molecule has 216 valence electrons. The Labute approximate surface area is 245 Å². The van der Waals surface area contributed by atoms with Crippen molar-refractivity contribution in [1.82, 2.24) is 4.98 Å². The van der Waals surface area contributed by atoms with Gasteiger partial charge in [0.1, 0.15) is 5.60 Å². The van der Waals surface area contributed by atoms with Gasteiger partial charge in [0.05, 0.1) is 24.4 Å². The Morgan fingerprint density at radius 1 is 1.02 bits per heavy atom. The minimum atomic E-state index is -4.17. The van der Waals surface area contributed by atoms with Gasteiger partial charge in [-0.3, -0.25) is 13.9 Å². The van der Waals surface area contributed by atoms with Crippen molar-refractivity contribution in [3.05, 3.63) is 95.2 Å². The van der Waals surface area contributed by atoms with Gasteiger partial charge in [0.25, 0.3) is 0 Å². The van der Waals surface area contributed by atoms with Gasteiger partial charge in [-0.15, -0.1) is 11.6 Å². The average Bonchev–Trinajstić information content (AvgIpc) is 3.52. The fourth-order valence-electron chi connectivity index (χ4n) is 4.87. The molecule has 1 N–H and O–H groups in total.